The zero-order valence-corrected chi connectivity index (χ0v) is 8.98. The third kappa shape index (κ3) is 1.39. The lowest BCUT2D eigenvalue weighted by Gasteiger charge is -1.97. The molecule has 0 aliphatic rings. The van der Waals surface area contributed by atoms with Crippen molar-refractivity contribution >= 4 is 21.7 Å². The van der Waals surface area contributed by atoms with Gasteiger partial charge in [0.25, 0.3) is 5.78 Å². The van der Waals surface area contributed by atoms with E-state index in [0.717, 1.165) is 0 Å². The SMILES string of the molecule is Cn1ccnc1C(=O)c1occc1Br. The summed E-state index contributed by atoms with van der Waals surface area (Å²) < 4.78 is 7.35. The van der Waals surface area contributed by atoms with Crippen LogP contribution in [0.1, 0.15) is 16.4 Å². The monoisotopic (exact) mass is 254 g/mol. The molecule has 0 saturated heterocycles. The summed E-state index contributed by atoms with van der Waals surface area (Å²) in [6.45, 7) is 0. The van der Waals surface area contributed by atoms with Crippen molar-refractivity contribution < 1.29 is 9.21 Å². The molecule has 0 aliphatic carbocycles. The highest BCUT2D eigenvalue weighted by Gasteiger charge is 2.19. The number of aryl methyl sites for hydroxylation is 1. The summed E-state index contributed by atoms with van der Waals surface area (Å²) in [7, 11) is 1.76. The number of hydrogen-bond donors (Lipinski definition) is 0. The molecular weight excluding hydrogens is 248 g/mol. The molecule has 0 N–H and O–H groups in total. The van der Waals surface area contributed by atoms with E-state index in [1.54, 1.807) is 30.1 Å². The van der Waals surface area contributed by atoms with Gasteiger partial charge in [0, 0.05) is 19.4 Å². The molecule has 0 bridgehead atoms. The standard InChI is InChI=1S/C9H7BrN2O2/c1-12-4-3-11-9(12)7(13)8-6(10)2-5-14-8/h2-5H,1H3. The van der Waals surface area contributed by atoms with Crippen molar-refractivity contribution in [1.29, 1.82) is 0 Å². The molecular formula is C9H7BrN2O2. The van der Waals surface area contributed by atoms with Crippen molar-refractivity contribution in [3.63, 3.8) is 0 Å². The van der Waals surface area contributed by atoms with Crippen molar-refractivity contribution in [2.24, 2.45) is 7.05 Å². The molecule has 4 nitrogen and oxygen atoms in total. The van der Waals surface area contributed by atoms with E-state index < -0.39 is 0 Å². The van der Waals surface area contributed by atoms with Crippen LogP contribution in [0.15, 0.2) is 33.6 Å². The molecule has 0 saturated carbocycles. The number of hydrogen-bond acceptors (Lipinski definition) is 3. The predicted octanol–water partition coefficient (Wildman–Crippen LogP) is 2.01. The Morgan fingerprint density at radius 3 is 2.93 bits per heavy atom. The van der Waals surface area contributed by atoms with Gasteiger partial charge in [-0.15, -0.1) is 0 Å². The molecule has 0 fully saturated rings. The van der Waals surface area contributed by atoms with Crippen LogP contribution in [0.3, 0.4) is 0 Å². The fraction of sp³-hybridized carbons (Fsp3) is 0.111. The maximum atomic E-state index is 11.8. The third-order valence-corrected chi connectivity index (χ3v) is 2.47. The van der Waals surface area contributed by atoms with Gasteiger partial charge in [-0.2, -0.15) is 0 Å². The second-order valence-electron chi connectivity index (χ2n) is 2.79. The zero-order valence-electron chi connectivity index (χ0n) is 7.40. The lowest BCUT2D eigenvalue weighted by molar-refractivity contribution is 0.0995. The molecule has 2 aromatic heterocycles. The van der Waals surface area contributed by atoms with Crippen LogP contribution in [-0.4, -0.2) is 15.3 Å². The fourth-order valence-corrected chi connectivity index (χ4v) is 1.52. The summed E-state index contributed by atoms with van der Waals surface area (Å²) in [5.74, 6) is 0.411. The molecule has 0 atom stereocenters. The predicted molar refractivity (Wildman–Crippen MR) is 53.0 cm³/mol. The van der Waals surface area contributed by atoms with Gasteiger partial charge in [-0.05, 0) is 22.0 Å². The number of imidazole rings is 1. The van der Waals surface area contributed by atoms with Crippen LogP contribution in [-0.2, 0) is 7.05 Å². The van der Waals surface area contributed by atoms with Crippen LogP contribution in [0.2, 0.25) is 0 Å². The second kappa shape index (κ2) is 3.42. The lowest BCUT2D eigenvalue weighted by atomic mass is 10.3. The average molecular weight is 255 g/mol. The molecule has 0 spiro atoms. The summed E-state index contributed by atoms with van der Waals surface area (Å²) in [5, 5.41) is 0. The van der Waals surface area contributed by atoms with E-state index in [1.807, 2.05) is 0 Å². The largest absolute Gasteiger partial charge is 0.459 e. The number of aromatic nitrogens is 2. The smallest absolute Gasteiger partial charge is 0.264 e. The highest BCUT2D eigenvalue weighted by Crippen LogP contribution is 2.20. The minimum atomic E-state index is -0.227. The summed E-state index contributed by atoms with van der Waals surface area (Å²) in [4.78, 5) is 15.7. The van der Waals surface area contributed by atoms with Gasteiger partial charge < -0.3 is 8.98 Å². The van der Waals surface area contributed by atoms with E-state index in [2.05, 4.69) is 20.9 Å². The lowest BCUT2D eigenvalue weighted by Crippen LogP contribution is -2.08. The molecule has 72 valence electrons. The number of furan rings is 1. The van der Waals surface area contributed by atoms with Crippen LogP contribution in [0, 0.1) is 0 Å². The minimum absolute atomic E-state index is 0.227. The number of halogens is 1. The number of carbonyl (C=O) groups is 1. The molecule has 0 amide bonds. The first-order valence-corrected chi connectivity index (χ1v) is 4.74. The number of nitrogens with zero attached hydrogens (tertiary/aromatic N) is 2. The van der Waals surface area contributed by atoms with Gasteiger partial charge in [0.2, 0.25) is 0 Å². The number of ketones is 1. The maximum absolute atomic E-state index is 11.8. The molecule has 2 heterocycles. The van der Waals surface area contributed by atoms with Crippen molar-refractivity contribution in [3.8, 4) is 0 Å². The Morgan fingerprint density at radius 2 is 2.43 bits per heavy atom. The van der Waals surface area contributed by atoms with E-state index in [4.69, 9.17) is 4.42 Å². The Labute approximate surface area is 88.7 Å². The van der Waals surface area contributed by atoms with Crippen LogP contribution >= 0.6 is 15.9 Å². The number of carbonyl (C=O) groups excluding carboxylic acids is 1. The minimum Gasteiger partial charge on any atom is -0.459 e. The molecule has 0 radical (unpaired) electrons. The van der Waals surface area contributed by atoms with E-state index in [-0.39, 0.29) is 11.5 Å². The first kappa shape index (κ1) is 9.21. The highest BCUT2D eigenvalue weighted by molar-refractivity contribution is 9.10. The van der Waals surface area contributed by atoms with Crippen molar-refractivity contribution in [2.75, 3.05) is 0 Å². The van der Waals surface area contributed by atoms with Gasteiger partial charge in [0.05, 0.1) is 10.7 Å². The second-order valence-corrected chi connectivity index (χ2v) is 3.64. The van der Waals surface area contributed by atoms with Crippen LogP contribution in [0.5, 0.6) is 0 Å². The Kier molecular flexibility index (Phi) is 2.25. The fourth-order valence-electron chi connectivity index (χ4n) is 1.14. The quantitative estimate of drug-likeness (QED) is 0.771. The summed E-state index contributed by atoms with van der Waals surface area (Å²) in [6.07, 6.45) is 4.74. The summed E-state index contributed by atoms with van der Waals surface area (Å²) in [6, 6.07) is 1.68. The van der Waals surface area contributed by atoms with Crippen molar-refractivity contribution in [2.45, 2.75) is 0 Å². The highest BCUT2D eigenvalue weighted by atomic mass is 79.9. The summed E-state index contributed by atoms with van der Waals surface area (Å²) in [5.41, 5.74) is 0. The van der Waals surface area contributed by atoms with Crippen molar-refractivity contribution in [1.82, 2.24) is 9.55 Å². The van der Waals surface area contributed by atoms with Crippen LogP contribution < -0.4 is 0 Å². The normalized spacial score (nSPS) is 10.4. The van der Waals surface area contributed by atoms with Gasteiger partial charge >= 0.3 is 0 Å². The first-order chi connectivity index (χ1) is 6.70. The van der Waals surface area contributed by atoms with Crippen LogP contribution in [0.25, 0.3) is 0 Å². The van der Waals surface area contributed by atoms with Gasteiger partial charge in [0.1, 0.15) is 0 Å². The first-order valence-electron chi connectivity index (χ1n) is 3.95. The molecule has 0 aromatic carbocycles. The molecule has 5 heteroatoms. The Balaban J connectivity index is 2.44. The van der Waals surface area contributed by atoms with Gasteiger partial charge in [-0.3, -0.25) is 4.79 Å². The topological polar surface area (TPSA) is 48.0 Å². The van der Waals surface area contributed by atoms with Crippen LogP contribution in [0.4, 0.5) is 0 Å². The summed E-state index contributed by atoms with van der Waals surface area (Å²) >= 11 is 3.23. The average Bonchev–Trinajstić information content (AvgIpc) is 2.73. The molecule has 2 aromatic rings. The van der Waals surface area contributed by atoms with E-state index in [0.29, 0.717) is 10.3 Å². The molecule has 14 heavy (non-hydrogen) atoms. The Hall–Kier alpha value is -1.36. The molecule has 2 rings (SSSR count). The Morgan fingerprint density at radius 1 is 1.64 bits per heavy atom. The third-order valence-electron chi connectivity index (χ3n) is 1.85. The zero-order chi connectivity index (χ0) is 10.1. The maximum Gasteiger partial charge on any atom is 0.264 e. The van der Waals surface area contributed by atoms with E-state index in [9.17, 15) is 4.79 Å². The number of rotatable bonds is 2. The molecule has 0 aliphatic heterocycles. The van der Waals surface area contributed by atoms with E-state index in [1.165, 1.54) is 6.26 Å². The molecule has 0 unspecified atom stereocenters. The van der Waals surface area contributed by atoms with Gasteiger partial charge in [-0.25, -0.2) is 4.98 Å². The van der Waals surface area contributed by atoms with Gasteiger partial charge in [-0.1, -0.05) is 0 Å². The van der Waals surface area contributed by atoms with Gasteiger partial charge in [0.15, 0.2) is 11.6 Å². The van der Waals surface area contributed by atoms with Crippen molar-refractivity contribution in [3.05, 3.63) is 40.8 Å². The Bertz CT molecular complexity index is 430. The van der Waals surface area contributed by atoms with E-state index >= 15 is 0 Å².